The topological polar surface area (TPSA) is 95.6 Å². The van der Waals surface area contributed by atoms with Gasteiger partial charge in [-0.15, -0.1) is 0 Å². The molecule has 0 heterocycles. The number of halogens is 1. The summed E-state index contributed by atoms with van der Waals surface area (Å²) < 4.78 is 40.5. The van der Waals surface area contributed by atoms with Crippen molar-refractivity contribution in [1.82, 2.24) is 9.62 Å². The quantitative estimate of drug-likeness (QED) is 0.685. The zero-order valence-corrected chi connectivity index (χ0v) is 17.3. The van der Waals surface area contributed by atoms with E-state index in [2.05, 4.69) is 10.6 Å². The standard InChI is InChI=1S/C20H24FN3O4S/c1-4-24(5-2)29(27,28)18-12-15(11-10-14(18)3)23-19(25)13-22-20(26)16-8-6-7-9-17(16)21/h6-12H,4-5,13H2,1-3H3,(H,22,26)(H,23,25). The highest BCUT2D eigenvalue weighted by Crippen LogP contribution is 2.23. The number of aryl methyl sites for hydroxylation is 1. The molecule has 2 aromatic carbocycles. The number of benzene rings is 2. The Bertz CT molecular complexity index is 1000. The molecule has 0 atom stereocenters. The van der Waals surface area contributed by atoms with Crippen molar-refractivity contribution in [2.45, 2.75) is 25.7 Å². The second kappa shape index (κ2) is 9.62. The van der Waals surface area contributed by atoms with Crippen LogP contribution in [-0.4, -0.2) is 44.2 Å². The maximum absolute atomic E-state index is 13.6. The summed E-state index contributed by atoms with van der Waals surface area (Å²) >= 11 is 0. The molecule has 0 saturated heterocycles. The highest BCUT2D eigenvalue weighted by Gasteiger charge is 2.24. The van der Waals surface area contributed by atoms with E-state index in [9.17, 15) is 22.4 Å². The van der Waals surface area contributed by atoms with Gasteiger partial charge < -0.3 is 10.6 Å². The first-order valence-corrected chi connectivity index (χ1v) is 10.6. The second-order valence-electron chi connectivity index (χ2n) is 6.28. The fourth-order valence-corrected chi connectivity index (χ4v) is 4.47. The number of anilines is 1. The molecule has 0 spiro atoms. The molecule has 9 heteroatoms. The zero-order valence-electron chi connectivity index (χ0n) is 16.5. The molecule has 29 heavy (non-hydrogen) atoms. The van der Waals surface area contributed by atoms with E-state index in [-0.39, 0.29) is 22.7 Å². The normalized spacial score (nSPS) is 11.3. The summed E-state index contributed by atoms with van der Waals surface area (Å²) in [7, 11) is -3.69. The minimum atomic E-state index is -3.69. The van der Waals surface area contributed by atoms with E-state index in [1.807, 2.05) is 0 Å². The summed E-state index contributed by atoms with van der Waals surface area (Å²) in [5.74, 6) is -1.97. The van der Waals surface area contributed by atoms with Crippen molar-refractivity contribution in [3.63, 3.8) is 0 Å². The van der Waals surface area contributed by atoms with Crippen LogP contribution in [0.1, 0.15) is 29.8 Å². The molecule has 0 saturated carbocycles. The van der Waals surface area contributed by atoms with Gasteiger partial charge in [0.2, 0.25) is 15.9 Å². The molecule has 2 aromatic rings. The van der Waals surface area contributed by atoms with Crippen LogP contribution < -0.4 is 10.6 Å². The lowest BCUT2D eigenvalue weighted by Gasteiger charge is -2.20. The number of rotatable bonds is 8. The summed E-state index contributed by atoms with van der Waals surface area (Å²) in [4.78, 5) is 24.2. The maximum atomic E-state index is 13.6. The lowest BCUT2D eigenvalue weighted by molar-refractivity contribution is -0.115. The number of nitrogens with one attached hydrogen (secondary N) is 2. The van der Waals surface area contributed by atoms with Crippen LogP contribution in [0, 0.1) is 12.7 Å². The van der Waals surface area contributed by atoms with Gasteiger partial charge in [-0.25, -0.2) is 12.8 Å². The van der Waals surface area contributed by atoms with Gasteiger partial charge in [0.15, 0.2) is 0 Å². The summed E-state index contributed by atoms with van der Waals surface area (Å²) in [6.45, 7) is 5.45. The Kier molecular flexibility index (Phi) is 7.46. The van der Waals surface area contributed by atoms with E-state index < -0.39 is 27.7 Å². The number of amides is 2. The molecular weight excluding hydrogens is 397 g/mol. The number of carbonyl (C=O) groups is 2. The largest absolute Gasteiger partial charge is 0.343 e. The van der Waals surface area contributed by atoms with Crippen molar-refractivity contribution in [3.05, 3.63) is 59.4 Å². The van der Waals surface area contributed by atoms with Crippen LogP contribution in [0.15, 0.2) is 47.4 Å². The molecule has 156 valence electrons. The fourth-order valence-electron chi connectivity index (χ4n) is 2.76. The van der Waals surface area contributed by atoms with Gasteiger partial charge in [-0.2, -0.15) is 4.31 Å². The van der Waals surface area contributed by atoms with Crippen molar-refractivity contribution in [2.75, 3.05) is 25.0 Å². The van der Waals surface area contributed by atoms with E-state index in [0.717, 1.165) is 6.07 Å². The molecule has 0 aliphatic carbocycles. The summed E-state index contributed by atoms with van der Waals surface area (Å²) in [6, 6.07) is 10.0. The van der Waals surface area contributed by atoms with Gasteiger partial charge in [-0.3, -0.25) is 9.59 Å². The van der Waals surface area contributed by atoms with Crippen LogP contribution in [0.3, 0.4) is 0 Å². The zero-order chi connectivity index (χ0) is 21.6. The van der Waals surface area contributed by atoms with Crippen LogP contribution >= 0.6 is 0 Å². The van der Waals surface area contributed by atoms with Gasteiger partial charge in [-0.1, -0.05) is 32.0 Å². The van der Waals surface area contributed by atoms with E-state index in [4.69, 9.17) is 0 Å². The number of sulfonamides is 1. The first-order chi connectivity index (χ1) is 13.7. The van der Waals surface area contributed by atoms with Crippen molar-refractivity contribution in [1.29, 1.82) is 0 Å². The van der Waals surface area contributed by atoms with Gasteiger partial charge in [-0.05, 0) is 36.8 Å². The van der Waals surface area contributed by atoms with Gasteiger partial charge in [0.05, 0.1) is 17.0 Å². The van der Waals surface area contributed by atoms with E-state index in [1.54, 1.807) is 32.9 Å². The monoisotopic (exact) mass is 421 g/mol. The van der Waals surface area contributed by atoms with Crippen molar-refractivity contribution in [3.8, 4) is 0 Å². The average Bonchev–Trinajstić information content (AvgIpc) is 2.68. The first-order valence-electron chi connectivity index (χ1n) is 9.14. The summed E-state index contributed by atoms with van der Waals surface area (Å²) in [5, 5.41) is 4.88. The van der Waals surface area contributed by atoms with E-state index in [1.165, 1.54) is 28.6 Å². The average molecular weight is 421 g/mol. The van der Waals surface area contributed by atoms with Crippen molar-refractivity contribution in [2.24, 2.45) is 0 Å². The minimum absolute atomic E-state index is 0.106. The number of carbonyl (C=O) groups excluding carboxylic acids is 2. The Labute approximate surface area is 170 Å². The molecule has 2 amide bonds. The number of hydrogen-bond donors (Lipinski definition) is 2. The Morgan fingerprint density at radius 3 is 2.34 bits per heavy atom. The molecule has 0 aliphatic heterocycles. The number of nitrogens with zero attached hydrogens (tertiary/aromatic N) is 1. The third-order valence-corrected chi connectivity index (χ3v) is 6.51. The predicted octanol–water partition coefficient (Wildman–Crippen LogP) is 2.53. The molecule has 0 unspecified atom stereocenters. The molecule has 0 bridgehead atoms. The third-order valence-electron chi connectivity index (χ3n) is 4.32. The van der Waals surface area contributed by atoms with Gasteiger partial charge in [0, 0.05) is 18.8 Å². The molecule has 0 radical (unpaired) electrons. The highest BCUT2D eigenvalue weighted by molar-refractivity contribution is 7.89. The SMILES string of the molecule is CCN(CC)S(=O)(=O)c1cc(NC(=O)CNC(=O)c2ccccc2F)ccc1C. The Morgan fingerprint density at radius 2 is 1.72 bits per heavy atom. The molecule has 0 fully saturated rings. The van der Waals surface area contributed by atoms with Gasteiger partial charge in [0.25, 0.3) is 5.91 Å². The lowest BCUT2D eigenvalue weighted by Crippen LogP contribution is -2.33. The van der Waals surface area contributed by atoms with E-state index >= 15 is 0 Å². The van der Waals surface area contributed by atoms with Gasteiger partial charge in [0.1, 0.15) is 5.82 Å². The molecule has 2 rings (SSSR count). The molecular formula is C20H24FN3O4S. The van der Waals surface area contributed by atoms with Crippen LogP contribution in [0.2, 0.25) is 0 Å². The fraction of sp³-hybridized carbons (Fsp3) is 0.300. The van der Waals surface area contributed by atoms with Crippen LogP contribution in [-0.2, 0) is 14.8 Å². The van der Waals surface area contributed by atoms with Crippen molar-refractivity contribution < 1.29 is 22.4 Å². The molecule has 7 nitrogen and oxygen atoms in total. The predicted molar refractivity (Wildman–Crippen MR) is 109 cm³/mol. The van der Waals surface area contributed by atoms with Crippen LogP contribution in [0.25, 0.3) is 0 Å². The smallest absolute Gasteiger partial charge is 0.254 e. The molecule has 2 N–H and O–H groups in total. The summed E-state index contributed by atoms with van der Waals surface area (Å²) in [5.41, 5.74) is 0.678. The minimum Gasteiger partial charge on any atom is -0.343 e. The lowest BCUT2D eigenvalue weighted by atomic mass is 10.2. The Balaban J connectivity index is 2.10. The highest BCUT2D eigenvalue weighted by atomic mass is 32.2. The van der Waals surface area contributed by atoms with Crippen LogP contribution in [0.4, 0.5) is 10.1 Å². The Morgan fingerprint density at radius 1 is 1.07 bits per heavy atom. The van der Waals surface area contributed by atoms with Gasteiger partial charge >= 0.3 is 0 Å². The first kappa shape index (κ1) is 22.5. The molecule has 0 aliphatic rings. The second-order valence-corrected chi connectivity index (χ2v) is 8.19. The molecule has 0 aromatic heterocycles. The maximum Gasteiger partial charge on any atom is 0.254 e. The van der Waals surface area contributed by atoms with E-state index in [0.29, 0.717) is 18.7 Å². The third kappa shape index (κ3) is 5.39. The summed E-state index contributed by atoms with van der Waals surface area (Å²) in [6.07, 6.45) is 0. The van der Waals surface area contributed by atoms with Crippen molar-refractivity contribution >= 4 is 27.5 Å². The Hall–Kier alpha value is -2.78. The van der Waals surface area contributed by atoms with Crippen LogP contribution in [0.5, 0.6) is 0 Å². The number of hydrogen-bond acceptors (Lipinski definition) is 4.